The lowest BCUT2D eigenvalue weighted by Gasteiger charge is -2.12. The quantitative estimate of drug-likeness (QED) is 0.391. The molecule has 0 aliphatic rings. The molecule has 0 aliphatic carbocycles. The lowest BCUT2D eigenvalue weighted by Crippen LogP contribution is -2.14. The van der Waals surface area contributed by atoms with Gasteiger partial charge in [0, 0.05) is 10.2 Å². The zero-order chi connectivity index (χ0) is 21.2. The van der Waals surface area contributed by atoms with E-state index in [0.717, 1.165) is 18.2 Å². The van der Waals surface area contributed by atoms with Crippen molar-refractivity contribution in [2.75, 3.05) is 5.32 Å². The zero-order valence-corrected chi connectivity index (χ0v) is 16.7. The molecule has 150 valence electrons. The molecule has 3 nitrogen and oxygen atoms in total. The van der Waals surface area contributed by atoms with Crippen LogP contribution < -0.4 is 10.1 Å². The lowest BCUT2D eigenvalue weighted by molar-refractivity contribution is -0.137. The maximum Gasteiger partial charge on any atom is 0.416 e. The van der Waals surface area contributed by atoms with Gasteiger partial charge >= 0.3 is 6.18 Å². The number of nitrogens with one attached hydrogen (secondary N) is 1. The van der Waals surface area contributed by atoms with Crippen LogP contribution >= 0.6 is 27.5 Å². The van der Waals surface area contributed by atoms with Crippen molar-refractivity contribution in [2.24, 2.45) is 0 Å². The molecule has 3 aromatic rings. The summed E-state index contributed by atoms with van der Waals surface area (Å²) in [5, 5.41) is 2.46. The number of hydrogen-bond acceptors (Lipinski definition) is 2. The van der Waals surface area contributed by atoms with E-state index in [1.54, 1.807) is 0 Å². The van der Waals surface area contributed by atoms with E-state index in [2.05, 4.69) is 21.2 Å². The first kappa shape index (κ1) is 21.1. The number of ether oxygens (including phenoxy) is 1. The molecule has 1 N–H and O–H groups in total. The number of benzene rings is 3. The first-order valence-electron chi connectivity index (χ1n) is 8.04. The number of alkyl halides is 3. The average Bonchev–Trinajstić information content (AvgIpc) is 2.62. The van der Waals surface area contributed by atoms with Crippen molar-refractivity contribution in [3.8, 4) is 11.5 Å². The van der Waals surface area contributed by atoms with Crippen LogP contribution in [-0.2, 0) is 6.18 Å². The molecule has 0 saturated carbocycles. The summed E-state index contributed by atoms with van der Waals surface area (Å²) < 4.78 is 58.2. The molecule has 0 spiro atoms. The van der Waals surface area contributed by atoms with Crippen LogP contribution in [0.1, 0.15) is 15.9 Å². The number of carbonyl (C=O) groups is 1. The number of carbonyl (C=O) groups excluding carboxylic acids is 1. The summed E-state index contributed by atoms with van der Waals surface area (Å²) in [6, 6.07) is 12.9. The third-order valence-corrected chi connectivity index (χ3v) is 4.51. The van der Waals surface area contributed by atoms with Gasteiger partial charge < -0.3 is 10.1 Å². The van der Waals surface area contributed by atoms with E-state index >= 15 is 0 Å². The minimum Gasteiger partial charge on any atom is -0.457 e. The Morgan fingerprint density at radius 2 is 1.69 bits per heavy atom. The third kappa shape index (κ3) is 5.27. The molecule has 3 aromatic carbocycles. The maximum absolute atomic E-state index is 13.8. The molecule has 1 amide bonds. The fourth-order valence-corrected chi connectivity index (χ4v) is 3.16. The van der Waals surface area contributed by atoms with Gasteiger partial charge in [-0.25, -0.2) is 4.39 Å². The smallest absolute Gasteiger partial charge is 0.416 e. The average molecular weight is 489 g/mol. The Balaban J connectivity index is 1.74. The van der Waals surface area contributed by atoms with Crippen molar-refractivity contribution in [3.05, 3.63) is 87.1 Å². The summed E-state index contributed by atoms with van der Waals surface area (Å²) in [6.07, 6.45) is -4.51. The highest BCUT2D eigenvalue weighted by Gasteiger charge is 2.31. The molecule has 0 aromatic heterocycles. The van der Waals surface area contributed by atoms with E-state index in [1.807, 2.05) is 0 Å². The molecule has 0 fully saturated rings. The highest BCUT2D eigenvalue weighted by atomic mass is 79.9. The zero-order valence-electron chi connectivity index (χ0n) is 14.4. The predicted octanol–water partition coefficient (Wildman–Crippen LogP) is 7.31. The van der Waals surface area contributed by atoms with Crippen molar-refractivity contribution in [1.29, 1.82) is 0 Å². The van der Waals surface area contributed by atoms with Crippen molar-refractivity contribution in [2.45, 2.75) is 6.18 Å². The second-order valence-electron chi connectivity index (χ2n) is 5.85. The van der Waals surface area contributed by atoms with Gasteiger partial charge in [0.15, 0.2) is 0 Å². The Morgan fingerprint density at radius 3 is 2.31 bits per heavy atom. The van der Waals surface area contributed by atoms with Gasteiger partial charge in [-0.3, -0.25) is 4.79 Å². The van der Waals surface area contributed by atoms with Crippen molar-refractivity contribution < 1.29 is 27.1 Å². The van der Waals surface area contributed by atoms with Gasteiger partial charge in [0.25, 0.3) is 5.91 Å². The Kier molecular flexibility index (Phi) is 6.14. The number of amides is 1. The minimum atomic E-state index is -4.51. The van der Waals surface area contributed by atoms with Crippen LogP contribution in [0.2, 0.25) is 5.02 Å². The van der Waals surface area contributed by atoms with Crippen LogP contribution in [0.5, 0.6) is 11.5 Å². The first-order chi connectivity index (χ1) is 13.6. The predicted molar refractivity (Wildman–Crippen MR) is 105 cm³/mol. The molecular formula is C20H11BrClF4NO2. The van der Waals surface area contributed by atoms with E-state index < -0.39 is 23.5 Å². The molecule has 0 bridgehead atoms. The van der Waals surface area contributed by atoms with Gasteiger partial charge in [0.05, 0.1) is 16.1 Å². The van der Waals surface area contributed by atoms with E-state index in [-0.39, 0.29) is 26.6 Å². The summed E-state index contributed by atoms with van der Waals surface area (Å²) in [6.45, 7) is 0. The number of hydrogen-bond donors (Lipinski definition) is 1. The highest BCUT2D eigenvalue weighted by molar-refractivity contribution is 9.10. The topological polar surface area (TPSA) is 38.3 Å². The number of anilines is 1. The SMILES string of the molecule is O=C(Nc1ccc(Oc2cc(Br)cc(C(F)(F)F)c2)cc1)c1c(F)cccc1Cl. The summed E-state index contributed by atoms with van der Waals surface area (Å²) in [4.78, 5) is 12.2. The Hall–Kier alpha value is -2.58. The van der Waals surface area contributed by atoms with E-state index in [0.29, 0.717) is 5.69 Å². The van der Waals surface area contributed by atoms with Crippen LogP contribution in [-0.4, -0.2) is 5.91 Å². The standard InChI is InChI=1S/C20H11BrClF4NO2/c21-12-8-11(20(24,25)26)9-15(10-12)29-14-6-4-13(5-7-14)27-19(28)18-16(22)2-1-3-17(18)23/h1-10H,(H,27,28). The normalized spacial score (nSPS) is 11.2. The van der Waals surface area contributed by atoms with Gasteiger partial charge in [-0.15, -0.1) is 0 Å². The summed E-state index contributed by atoms with van der Waals surface area (Å²) in [5.74, 6) is -1.26. The molecule has 9 heteroatoms. The Bertz CT molecular complexity index is 1040. The van der Waals surface area contributed by atoms with E-state index in [1.165, 1.54) is 42.5 Å². The first-order valence-corrected chi connectivity index (χ1v) is 9.21. The molecule has 0 atom stereocenters. The third-order valence-electron chi connectivity index (χ3n) is 3.74. The summed E-state index contributed by atoms with van der Waals surface area (Å²) in [5.41, 5.74) is -0.817. The second kappa shape index (κ2) is 8.42. The summed E-state index contributed by atoms with van der Waals surface area (Å²) >= 11 is 8.88. The Morgan fingerprint density at radius 1 is 1.00 bits per heavy atom. The molecule has 29 heavy (non-hydrogen) atoms. The fraction of sp³-hybridized carbons (Fsp3) is 0.0500. The summed E-state index contributed by atoms with van der Waals surface area (Å²) in [7, 11) is 0. The van der Waals surface area contributed by atoms with E-state index in [4.69, 9.17) is 16.3 Å². The molecule has 3 rings (SSSR count). The largest absolute Gasteiger partial charge is 0.457 e. The maximum atomic E-state index is 13.8. The number of halogens is 6. The molecule has 0 heterocycles. The van der Waals surface area contributed by atoms with Crippen LogP contribution in [0.4, 0.5) is 23.2 Å². The minimum absolute atomic E-state index is 0.0124. The second-order valence-corrected chi connectivity index (χ2v) is 7.17. The van der Waals surface area contributed by atoms with Gasteiger partial charge in [-0.1, -0.05) is 33.6 Å². The number of rotatable bonds is 4. The van der Waals surface area contributed by atoms with Crippen LogP contribution in [0.25, 0.3) is 0 Å². The molecule has 0 aliphatic heterocycles. The Labute approximate surface area is 176 Å². The molecular weight excluding hydrogens is 478 g/mol. The molecule has 0 radical (unpaired) electrons. The van der Waals surface area contributed by atoms with Crippen molar-refractivity contribution in [3.63, 3.8) is 0 Å². The van der Waals surface area contributed by atoms with E-state index in [9.17, 15) is 22.4 Å². The highest BCUT2D eigenvalue weighted by Crippen LogP contribution is 2.35. The van der Waals surface area contributed by atoms with Crippen LogP contribution in [0.3, 0.4) is 0 Å². The van der Waals surface area contributed by atoms with Crippen LogP contribution in [0.15, 0.2) is 65.1 Å². The lowest BCUT2D eigenvalue weighted by atomic mass is 10.2. The van der Waals surface area contributed by atoms with Gasteiger partial charge in [0.1, 0.15) is 17.3 Å². The van der Waals surface area contributed by atoms with Gasteiger partial charge in [0.2, 0.25) is 0 Å². The molecule has 0 saturated heterocycles. The van der Waals surface area contributed by atoms with Crippen LogP contribution in [0, 0.1) is 5.82 Å². The van der Waals surface area contributed by atoms with Crippen molar-refractivity contribution in [1.82, 2.24) is 0 Å². The van der Waals surface area contributed by atoms with Gasteiger partial charge in [-0.05, 0) is 54.6 Å². The fourth-order valence-electron chi connectivity index (χ4n) is 2.44. The van der Waals surface area contributed by atoms with Gasteiger partial charge in [-0.2, -0.15) is 13.2 Å². The monoisotopic (exact) mass is 487 g/mol. The molecule has 0 unspecified atom stereocenters. The van der Waals surface area contributed by atoms with Crippen molar-refractivity contribution >= 4 is 39.1 Å².